The van der Waals surface area contributed by atoms with Gasteiger partial charge in [-0.25, -0.2) is 0 Å². The highest BCUT2D eigenvalue weighted by Crippen LogP contribution is 2.30. The summed E-state index contributed by atoms with van der Waals surface area (Å²) in [6.45, 7) is 1.81. The Morgan fingerprint density at radius 1 is 1.33 bits per heavy atom. The molecule has 0 saturated carbocycles. The SMILES string of the molecule is Cc1cc(N=[N+]=[N-])c(Cl)cc1Cl. The van der Waals surface area contributed by atoms with Crippen LogP contribution < -0.4 is 0 Å². The Balaban J connectivity index is 3.32. The monoisotopic (exact) mass is 201 g/mol. The lowest BCUT2D eigenvalue weighted by Crippen LogP contribution is -1.75. The molecule has 62 valence electrons. The van der Waals surface area contributed by atoms with E-state index in [0.717, 1.165) is 5.56 Å². The average Bonchev–Trinajstić information content (AvgIpc) is 2.01. The van der Waals surface area contributed by atoms with Crippen molar-refractivity contribution < 1.29 is 0 Å². The van der Waals surface area contributed by atoms with Gasteiger partial charge in [0.05, 0.1) is 10.7 Å². The molecular weight excluding hydrogens is 197 g/mol. The lowest BCUT2D eigenvalue weighted by molar-refractivity contribution is 1.41. The van der Waals surface area contributed by atoms with Gasteiger partial charge in [-0.05, 0) is 30.2 Å². The summed E-state index contributed by atoms with van der Waals surface area (Å²) in [4.78, 5) is 2.64. The first-order valence-electron chi connectivity index (χ1n) is 3.16. The molecule has 1 aromatic rings. The van der Waals surface area contributed by atoms with Crippen molar-refractivity contribution in [2.75, 3.05) is 0 Å². The van der Waals surface area contributed by atoms with Crippen molar-refractivity contribution in [3.8, 4) is 0 Å². The highest BCUT2D eigenvalue weighted by Gasteiger charge is 2.01. The molecule has 0 atom stereocenters. The van der Waals surface area contributed by atoms with Crippen molar-refractivity contribution in [2.24, 2.45) is 5.11 Å². The van der Waals surface area contributed by atoms with Gasteiger partial charge in [0.25, 0.3) is 0 Å². The fourth-order valence-corrected chi connectivity index (χ4v) is 1.19. The summed E-state index contributed by atoms with van der Waals surface area (Å²) >= 11 is 11.5. The van der Waals surface area contributed by atoms with Crippen LogP contribution in [-0.2, 0) is 0 Å². The minimum absolute atomic E-state index is 0.364. The minimum atomic E-state index is 0.364. The number of hydrogen-bond donors (Lipinski definition) is 0. The van der Waals surface area contributed by atoms with E-state index in [-0.39, 0.29) is 0 Å². The number of nitrogens with zero attached hydrogens (tertiary/aromatic N) is 3. The second kappa shape index (κ2) is 3.68. The highest BCUT2D eigenvalue weighted by molar-refractivity contribution is 6.36. The molecule has 0 aromatic heterocycles. The van der Waals surface area contributed by atoms with Crippen LogP contribution in [0.3, 0.4) is 0 Å². The van der Waals surface area contributed by atoms with Gasteiger partial charge in [0, 0.05) is 9.93 Å². The second-order valence-corrected chi connectivity index (χ2v) is 3.06. The van der Waals surface area contributed by atoms with E-state index in [1.54, 1.807) is 12.1 Å². The Morgan fingerprint density at radius 2 is 2.00 bits per heavy atom. The molecule has 0 radical (unpaired) electrons. The van der Waals surface area contributed by atoms with Crippen LogP contribution in [0.5, 0.6) is 0 Å². The Bertz CT molecular complexity index is 356. The van der Waals surface area contributed by atoms with Crippen LogP contribution in [0.4, 0.5) is 5.69 Å². The topological polar surface area (TPSA) is 48.8 Å². The van der Waals surface area contributed by atoms with Gasteiger partial charge in [-0.15, -0.1) is 0 Å². The third-order valence-electron chi connectivity index (χ3n) is 1.38. The van der Waals surface area contributed by atoms with Crippen molar-refractivity contribution in [1.29, 1.82) is 0 Å². The number of hydrogen-bond acceptors (Lipinski definition) is 1. The van der Waals surface area contributed by atoms with E-state index in [1.807, 2.05) is 6.92 Å². The predicted molar refractivity (Wildman–Crippen MR) is 50.0 cm³/mol. The zero-order valence-electron chi connectivity index (χ0n) is 6.25. The van der Waals surface area contributed by atoms with Crippen molar-refractivity contribution in [2.45, 2.75) is 6.92 Å². The summed E-state index contributed by atoms with van der Waals surface area (Å²) in [5.41, 5.74) is 9.41. The van der Waals surface area contributed by atoms with Gasteiger partial charge in [-0.1, -0.05) is 28.3 Å². The first-order chi connectivity index (χ1) is 5.65. The van der Waals surface area contributed by atoms with E-state index >= 15 is 0 Å². The molecule has 0 unspecified atom stereocenters. The maximum absolute atomic E-state index is 8.17. The molecule has 0 saturated heterocycles. The zero-order chi connectivity index (χ0) is 9.14. The lowest BCUT2D eigenvalue weighted by atomic mass is 10.2. The summed E-state index contributed by atoms with van der Waals surface area (Å²) in [7, 11) is 0. The molecular formula is C7H5Cl2N3. The van der Waals surface area contributed by atoms with Crippen LogP contribution >= 0.6 is 23.2 Å². The van der Waals surface area contributed by atoms with E-state index in [2.05, 4.69) is 10.0 Å². The van der Waals surface area contributed by atoms with Crippen LogP contribution in [0.25, 0.3) is 10.4 Å². The fourth-order valence-electron chi connectivity index (χ4n) is 0.767. The molecule has 0 aliphatic rings. The molecule has 0 aliphatic heterocycles. The van der Waals surface area contributed by atoms with Crippen molar-refractivity contribution in [3.63, 3.8) is 0 Å². The quantitative estimate of drug-likeness (QED) is 0.371. The smallest absolute Gasteiger partial charge is 0.0565 e. The largest absolute Gasteiger partial charge is 0.0840 e. The summed E-state index contributed by atoms with van der Waals surface area (Å²) < 4.78 is 0. The van der Waals surface area contributed by atoms with Crippen molar-refractivity contribution in [3.05, 3.63) is 38.2 Å². The zero-order valence-corrected chi connectivity index (χ0v) is 7.76. The third kappa shape index (κ3) is 1.83. The van der Waals surface area contributed by atoms with Crippen LogP contribution in [0.1, 0.15) is 5.56 Å². The van der Waals surface area contributed by atoms with Gasteiger partial charge >= 0.3 is 0 Å². The van der Waals surface area contributed by atoms with Crippen LogP contribution in [-0.4, -0.2) is 0 Å². The van der Waals surface area contributed by atoms with E-state index < -0.39 is 0 Å². The third-order valence-corrected chi connectivity index (χ3v) is 2.09. The molecule has 5 heteroatoms. The van der Waals surface area contributed by atoms with Gasteiger partial charge in [0.2, 0.25) is 0 Å². The van der Waals surface area contributed by atoms with E-state index in [1.165, 1.54) is 0 Å². The summed E-state index contributed by atoms with van der Waals surface area (Å²) in [5, 5.41) is 4.33. The maximum Gasteiger partial charge on any atom is 0.0565 e. The predicted octanol–water partition coefficient (Wildman–Crippen LogP) is 4.24. The maximum atomic E-state index is 8.17. The molecule has 0 bridgehead atoms. The Labute approximate surface area is 79.5 Å². The highest BCUT2D eigenvalue weighted by atomic mass is 35.5. The molecule has 0 spiro atoms. The first-order valence-corrected chi connectivity index (χ1v) is 3.91. The van der Waals surface area contributed by atoms with Crippen molar-refractivity contribution in [1.82, 2.24) is 0 Å². The Morgan fingerprint density at radius 3 is 2.58 bits per heavy atom. The molecule has 0 heterocycles. The normalized spacial score (nSPS) is 9.25. The molecule has 0 aliphatic carbocycles. The van der Waals surface area contributed by atoms with Gasteiger partial charge in [0.1, 0.15) is 0 Å². The molecule has 0 N–H and O–H groups in total. The van der Waals surface area contributed by atoms with Crippen LogP contribution in [0.15, 0.2) is 17.2 Å². The van der Waals surface area contributed by atoms with E-state index in [9.17, 15) is 0 Å². The minimum Gasteiger partial charge on any atom is -0.0840 e. The molecule has 0 amide bonds. The fraction of sp³-hybridized carbons (Fsp3) is 0.143. The number of benzene rings is 1. The van der Waals surface area contributed by atoms with Gasteiger partial charge in [-0.3, -0.25) is 0 Å². The lowest BCUT2D eigenvalue weighted by Gasteiger charge is -2.00. The number of rotatable bonds is 1. The van der Waals surface area contributed by atoms with Crippen LogP contribution in [0, 0.1) is 6.92 Å². The molecule has 1 aromatic carbocycles. The van der Waals surface area contributed by atoms with Gasteiger partial charge < -0.3 is 0 Å². The first kappa shape index (κ1) is 9.20. The second-order valence-electron chi connectivity index (χ2n) is 2.24. The standard InChI is InChI=1S/C7H5Cl2N3/c1-4-2-7(11-12-10)6(9)3-5(4)8/h2-3H,1H3. The van der Waals surface area contributed by atoms with Gasteiger partial charge in [0.15, 0.2) is 0 Å². The van der Waals surface area contributed by atoms with Crippen LogP contribution in [0.2, 0.25) is 10.0 Å². The summed E-state index contributed by atoms with van der Waals surface area (Å²) in [5.74, 6) is 0. The van der Waals surface area contributed by atoms with Gasteiger partial charge in [-0.2, -0.15) is 0 Å². The molecule has 3 nitrogen and oxygen atoms in total. The Kier molecular flexibility index (Phi) is 2.82. The molecule has 12 heavy (non-hydrogen) atoms. The average molecular weight is 202 g/mol. The molecule has 0 fully saturated rings. The number of halogens is 2. The van der Waals surface area contributed by atoms with E-state index in [0.29, 0.717) is 15.7 Å². The molecule has 1 rings (SSSR count). The number of aryl methyl sites for hydroxylation is 1. The summed E-state index contributed by atoms with van der Waals surface area (Å²) in [6, 6.07) is 3.20. The van der Waals surface area contributed by atoms with E-state index in [4.69, 9.17) is 28.7 Å². The number of azide groups is 1. The van der Waals surface area contributed by atoms with Crippen molar-refractivity contribution >= 4 is 28.9 Å². The summed E-state index contributed by atoms with van der Waals surface area (Å²) in [6.07, 6.45) is 0. The Hall–Kier alpha value is -0.890.